The average molecular weight is 565 g/mol. The maximum Gasteiger partial charge on any atom is 0.489 e. The first-order chi connectivity index (χ1) is 20.2. The molecule has 8 rings (SSSR count). The fraction of sp³-hybridized carbons (Fsp3) is 0. The maximum atomic E-state index is 9.60. The van der Waals surface area contributed by atoms with Crippen LogP contribution >= 0.6 is 22.7 Å². The SMILES string of the molecule is OB(O)c1cccc2c1sc1c(-c3ccccc3)cccc12.c1ccc(-c2cccc3c2sc2ccccc23)cc1. The third kappa shape index (κ3) is 4.73. The van der Waals surface area contributed by atoms with Crippen LogP contribution in [0.15, 0.2) is 140 Å². The molecule has 0 unspecified atom stereocenters. The van der Waals surface area contributed by atoms with E-state index in [1.54, 1.807) is 17.4 Å². The molecule has 0 aliphatic rings. The smallest absolute Gasteiger partial charge is 0.423 e. The summed E-state index contributed by atoms with van der Waals surface area (Å²) in [4.78, 5) is 0. The molecule has 0 bridgehead atoms. The van der Waals surface area contributed by atoms with Crippen molar-refractivity contribution in [2.75, 3.05) is 0 Å². The van der Waals surface area contributed by atoms with E-state index in [2.05, 4.69) is 103 Å². The molecule has 2 heterocycles. The molecular weight excluding hydrogens is 539 g/mol. The van der Waals surface area contributed by atoms with E-state index in [1.807, 2.05) is 41.7 Å². The van der Waals surface area contributed by atoms with Crippen LogP contribution < -0.4 is 5.46 Å². The van der Waals surface area contributed by atoms with Gasteiger partial charge in [-0.3, -0.25) is 0 Å². The molecule has 0 aliphatic heterocycles. The lowest BCUT2D eigenvalue weighted by Gasteiger charge is -2.02. The van der Waals surface area contributed by atoms with Crippen LogP contribution in [0.3, 0.4) is 0 Å². The van der Waals surface area contributed by atoms with Crippen molar-refractivity contribution in [2.24, 2.45) is 0 Å². The Morgan fingerprint density at radius 1 is 0.390 bits per heavy atom. The van der Waals surface area contributed by atoms with Crippen molar-refractivity contribution in [2.45, 2.75) is 0 Å². The van der Waals surface area contributed by atoms with Crippen LogP contribution in [-0.4, -0.2) is 17.2 Å². The molecule has 0 saturated carbocycles. The first-order valence-corrected chi connectivity index (χ1v) is 15.1. The van der Waals surface area contributed by atoms with Gasteiger partial charge in [0, 0.05) is 35.0 Å². The molecule has 0 fully saturated rings. The molecule has 2 N–H and O–H groups in total. The standard InChI is InChI=1S/C18H13BO2S.C18H12S/c20-19(21)16-11-5-10-15-14-9-4-8-13(17(14)22-18(15)16)12-6-2-1-3-7-12;1-2-7-13(8-3-1)14-10-6-11-16-15-9-4-5-12-17(15)19-18(14)16/h1-11,20-21H;1-12H. The van der Waals surface area contributed by atoms with Crippen molar-refractivity contribution >= 4 is 75.6 Å². The van der Waals surface area contributed by atoms with Gasteiger partial charge in [-0.15, -0.1) is 22.7 Å². The van der Waals surface area contributed by atoms with Crippen LogP contribution in [0.2, 0.25) is 0 Å². The zero-order valence-corrected chi connectivity index (χ0v) is 23.7. The van der Waals surface area contributed by atoms with Crippen LogP contribution in [0, 0.1) is 0 Å². The number of thiophene rings is 2. The minimum Gasteiger partial charge on any atom is -0.423 e. The van der Waals surface area contributed by atoms with E-state index in [1.165, 1.54) is 47.1 Å². The van der Waals surface area contributed by atoms with Crippen molar-refractivity contribution in [3.63, 3.8) is 0 Å². The van der Waals surface area contributed by atoms with Gasteiger partial charge in [0.1, 0.15) is 0 Å². The fourth-order valence-electron chi connectivity index (χ4n) is 5.48. The molecule has 0 saturated heterocycles. The first kappa shape index (κ1) is 25.7. The number of rotatable bonds is 3. The summed E-state index contributed by atoms with van der Waals surface area (Å²) in [5.74, 6) is 0. The number of hydrogen-bond acceptors (Lipinski definition) is 4. The highest BCUT2D eigenvalue weighted by molar-refractivity contribution is 7.27. The average Bonchev–Trinajstić information content (AvgIpc) is 3.61. The van der Waals surface area contributed by atoms with E-state index >= 15 is 0 Å². The van der Waals surface area contributed by atoms with Crippen molar-refractivity contribution in [3.05, 3.63) is 140 Å². The quantitative estimate of drug-likeness (QED) is 0.210. The summed E-state index contributed by atoms with van der Waals surface area (Å²) in [7, 11) is -1.45. The summed E-state index contributed by atoms with van der Waals surface area (Å²) in [6.07, 6.45) is 0. The van der Waals surface area contributed by atoms with E-state index in [-0.39, 0.29) is 0 Å². The third-order valence-electron chi connectivity index (χ3n) is 7.41. The molecule has 8 aromatic rings. The van der Waals surface area contributed by atoms with E-state index < -0.39 is 7.12 Å². The molecule has 6 aromatic carbocycles. The normalized spacial score (nSPS) is 11.2. The lowest BCUT2D eigenvalue weighted by Crippen LogP contribution is -2.29. The van der Waals surface area contributed by atoms with E-state index in [9.17, 15) is 10.0 Å². The Hall–Kier alpha value is -4.26. The highest BCUT2D eigenvalue weighted by Crippen LogP contribution is 2.40. The molecule has 0 atom stereocenters. The monoisotopic (exact) mass is 564 g/mol. The van der Waals surface area contributed by atoms with Gasteiger partial charge in [-0.1, -0.05) is 133 Å². The molecule has 2 nitrogen and oxygen atoms in total. The van der Waals surface area contributed by atoms with Crippen molar-refractivity contribution < 1.29 is 10.0 Å². The third-order valence-corrected chi connectivity index (χ3v) is 9.93. The maximum absolute atomic E-state index is 9.60. The van der Waals surface area contributed by atoms with E-state index in [0.29, 0.717) is 5.46 Å². The molecule has 0 aliphatic carbocycles. The van der Waals surface area contributed by atoms with Gasteiger partial charge in [0.05, 0.1) is 0 Å². The minimum atomic E-state index is -1.45. The Morgan fingerprint density at radius 3 is 1.46 bits per heavy atom. The van der Waals surface area contributed by atoms with Crippen LogP contribution in [0.25, 0.3) is 62.6 Å². The zero-order chi connectivity index (χ0) is 27.8. The second-order valence-corrected chi connectivity index (χ2v) is 12.0. The highest BCUT2D eigenvalue weighted by Gasteiger charge is 2.18. The van der Waals surface area contributed by atoms with Crippen LogP contribution in [0.5, 0.6) is 0 Å². The van der Waals surface area contributed by atoms with Crippen LogP contribution in [-0.2, 0) is 0 Å². The van der Waals surface area contributed by atoms with Crippen LogP contribution in [0.4, 0.5) is 0 Å². The van der Waals surface area contributed by atoms with Gasteiger partial charge in [0.15, 0.2) is 0 Å². The second kappa shape index (κ2) is 11.0. The van der Waals surface area contributed by atoms with Gasteiger partial charge in [-0.05, 0) is 39.2 Å². The Bertz CT molecular complexity index is 2130. The number of fused-ring (bicyclic) bond motifs is 6. The topological polar surface area (TPSA) is 40.5 Å². The minimum absolute atomic E-state index is 0.567. The molecular formula is C36H25BO2S2. The van der Waals surface area contributed by atoms with Gasteiger partial charge < -0.3 is 10.0 Å². The van der Waals surface area contributed by atoms with Gasteiger partial charge in [0.25, 0.3) is 0 Å². The van der Waals surface area contributed by atoms with Gasteiger partial charge >= 0.3 is 7.12 Å². The number of hydrogen-bond donors (Lipinski definition) is 2. The summed E-state index contributed by atoms with van der Waals surface area (Å²) >= 11 is 3.50. The summed E-state index contributed by atoms with van der Waals surface area (Å²) < 4.78 is 4.86. The molecule has 0 radical (unpaired) electrons. The van der Waals surface area contributed by atoms with E-state index in [0.717, 1.165) is 15.5 Å². The van der Waals surface area contributed by atoms with Crippen molar-refractivity contribution in [1.82, 2.24) is 0 Å². The lowest BCUT2D eigenvalue weighted by atomic mass is 9.80. The van der Waals surface area contributed by atoms with Crippen molar-refractivity contribution in [1.29, 1.82) is 0 Å². The van der Waals surface area contributed by atoms with Gasteiger partial charge in [0.2, 0.25) is 0 Å². The molecule has 41 heavy (non-hydrogen) atoms. The lowest BCUT2D eigenvalue weighted by molar-refractivity contribution is 0.426. The molecule has 0 amide bonds. The highest BCUT2D eigenvalue weighted by atomic mass is 32.1. The largest absolute Gasteiger partial charge is 0.489 e. The summed E-state index contributed by atoms with van der Waals surface area (Å²) in [6.45, 7) is 0. The van der Waals surface area contributed by atoms with E-state index in [4.69, 9.17) is 0 Å². The van der Waals surface area contributed by atoms with Gasteiger partial charge in [-0.2, -0.15) is 0 Å². The molecule has 5 heteroatoms. The number of benzene rings is 6. The Morgan fingerprint density at radius 2 is 0.854 bits per heavy atom. The van der Waals surface area contributed by atoms with Crippen LogP contribution in [0.1, 0.15) is 0 Å². The summed E-state index contributed by atoms with van der Waals surface area (Å²) in [5, 5.41) is 24.1. The Kier molecular flexibility index (Phi) is 6.87. The fourth-order valence-corrected chi connectivity index (χ4v) is 8.09. The predicted octanol–water partition coefficient (Wildman–Crippen LogP) is 9.12. The summed E-state index contributed by atoms with van der Waals surface area (Å²) in [5.41, 5.74) is 5.54. The Labute approximate surface area is 246 Å². The Balaban J connectivity index is 0.000000136. The van der Waals surface area contributed by atoms with Crippen molar-refractivity contribution in [3.8, 4) is 22.3 Å². The molecule has 2 aromatic heterocycles. The van der Waals surface area contributed by atoms with Gasteiger partial charge in [-0.25, -0.2) is 0 Å². The zero-order valence-electron chi connectivity index (χ0n) is 22.1. The molecule has 0 spiro atoms. The molecule has 196 valence electrons. The second-order valence-electron chi connectivity index (χ2n) is 9.89. The first-order valence-electron chi connectivity index (χ1n) is 13.5. The predicted molar refractivity (Wildman–Crippen MR) is 179 cm³/mol. The summed E-state index contributed by atoms with van der Waals surface area (Å²) in [6, 6.07) is 48.1.